The topological polar surface area (TPSA) is 56.1 Å². The van der Waals surface area contributed by atoms with Crippen LogP contribution < -0.4 is 5.32 Å². The maximum atomic E-state index is 12.0. The fraction of sp³-hybridized carbons (Fsp3) is 0.250. The molecule has 1 amide bonds. The van der Waals surface area contributed by atoms with Crippen LogP contribution in [-0.2, 0) is 11.2 Å². The molecule has 2 aromatic rings. The van der Waals surface area contributed by atoms with E-state index in [0.29, 0.717) is 17.8 Å². The second-order valence-corrected chi connectivity index (χ2v) is 5.84. The number of nitrogens with zero attached hydrogens (tertiary/aromatic N) is 2. The molecule has 5 heteroatoms. The Morgan fingerprint density at radius 3 is 2.95 bits per heavy atom. The summed E-state index contributed by atoms with van der Waals surface area (Å²) in [6.45, 7) is 1.17. The fourth-order valence-corrected chi connectivity index (χ4v) is 2.65. The molecular weight excluding hydrogens is 282 g/mol. The highest BCUT2D eigenvalue weighted by Crippen LogP contribution is 2.11. The van der Waals surface area contributed by atoms with E-state index in [1.165, 1.54) is 4.88 Å². The first-order chi connectivity index (χ1) is 10.2. The summed E-state index contributed by atoms with van der Waals surface area (Å²) in [5, 5.41) is 13.7. The molecule has 21 heavy (non-hydrogen) atoms. The molecule has 2 rings (SSSR count). The van der Waals surface area contributed by atoms with Crippen LogP contribution in [0.15, 0.2) is 41.8 Å². The van der Waals surface area contributed by atoms with Crippen LogP contribution in [0.25, 0.3) is 0 Å². The number of carbonyl (C=O) groups excluding carboxylic acids is 1. The van der Waals surface area contributed by atoms with Crippen LogP contribution in [-0.4, -0.2) is 30.9 Å². The summed E-state index contributed by atoms with van der Waals surface area (Å²) in [5.41, 5.74) is 1.20. The van der Waals surface area contributed by atoms with Crippen molar-refractivity contribution in [1.82, 2.24) is 4.90 Å². The second-order valence-electron chi connectivity index (χ2n) is 4.81. The minimum Gasteiger partial charge on any atom is -0.325 e. The van der Waals surface area contributed by atoms with E-state index in [-0.39, 0.29) is 5.91 Å². The molecule has 0 unspecified atom stereocenters. The molecule has 1 aromatic carbocycles. The van der Waals surface area contributed by atoms with Crippen molar-refractivity contribution < 1.29 is 4.79 Å². The van der Waals surface area contributed by atoms with Crippen molar-refractivity contribution in [1.29, 1.82) is 5.26 Å². The summed E-state index contributed by atoms with van der Waals surface area (Å²) < 4.78 is 0. The zero-order chi connectivity index (χ0) is 15.1. The van der Waals surface area contributed by atoms with Crippen molar-refractivity contribution in [3.05, 3.63) is 52.2 Å². The van der Waals surface area contributed by atoms with Crippen LogP contribution in [0.3, 0.4) is 0 Å². The monoisotopic (exact) mass is 299 g/mol. The van der Waals surface area contributed by atoms with Crippen molar-refractivity contribution in [2.75, 3.05) is 25.5 Å². The summed E-state index contributed by atoms with van der Waals surface area (Å²) in [6, 6.07) is 13.1. The molecule has 1 N–H and O–H groups in total. The molecule has 0 aliphatic carbocycles. The summed E-state index contributed by atoms with van der Waals surface area (Å²) in [5.74, 6) is -0.0706. The molecule has 0 aliphatic rings. The smallest absolute Gasteiger partial charge is 0.238 e. The number of hydrogen-bond acceptors (Lipinski definition) is 4. The maximum absolute atomic E-state index is 12.0. The number of anilines is 1. The molecule has 0 bridgehead atoms. The van der Waals surface area contributed by atoms with E-state index in [0.717, 1.165) is 13.0 Å². The van der Waals surface area contributed by atoms with Gasteiger partial charge in [0.25, 0.3) is 0 Å². The van der Waals surface area contributed by atoms with Crippen LogP contribution in [0, 0.1) is 11.3 Å². The third kappa shape index (κ3) is 5.03. The number of thiophene rings is 1. The molecule has 0 saturated heterocycles. The molecule has 0 atom stereocenters. The SMILES string of the molecule is CN(CCc1cccs1)CC(=O)Nc1cccc(C#N)c1. The predicted octanol–water partition coefficient (Wildman–Crippen LogP) is 2.73. The van der Waals surface area contributed by atoms with E-state index < -0.39 is 0 Å². The number of benzene rings is 1. The van der Waals surface area contributed by atoms with Crippen LogP contribution >= 0.6 is 11.3 Å². The third-order valence-corrected chi connectivity index (χ3v) is 3.95. The lowest BCUT2D eigenvalue weighted by molar-refractivity contribution is -0.117. The first-order valence-electron chi connectivity index (χ1n) is 6.68. The summed E-state index contributed by atoms with van der Waals surface area (Å²) in [7, 11) is 1.93. The van der Waals surface area contributed by atoms with Crippen LogP contribution in [0.1, 0.15) is 10.4 Å². The molecule has 0 fully saturated rings. The van der Waals surface area contributed by atoms with Crippen LogP contribution in [0.5, 0.6) is 0 Å². The molecule has 0 radical (unpaired) electrons. The Morgan fingerprint density at radius 2 is 2.24 bits per heavy atom. The minimum atomic E-state index is -0.0706. The third-order valence-electron chi connectivity index (χ3n) is 3.01. The van der Waals surface area contributed by atoms with Crippen LogP contribution in [0.4, 0.5) is 5.69 Å². The van der Waals surface area contributed by atoms with Gasteiger partial charge >= 0.3 is 0 Å². The molecular formula is C16H17N3OS. The summed E-state index contributed by atoms with van der Waals surface area (Å²) >= 11 is 1.73. The van der Waals surface area contributed by atoms with E-state index in [9.17, 15) is 4.79 Å². The van der Waals surface area contributed by atoms with E-state index in [1.807, 2.05) is 18.0 Å². The molecule has 1 aromatic heterocycles. The van der Waals surface area contributed by atoms with Gasteiger partial charge in [-0.15, -0.1) is 11.3 Å². The van der Waals surface area contributed by atoms with Crippen molar-refractivity contribution >= 4 is 22.9 Å². The Bertz CT molecular complexity index is 631. The standard InChI is InChI=1S/C16H17N3OS/c1-19(8-7-15-6-3-9-21-15)12-16(20)18-14-5-2-4-13(10-14)11-17/h2-6,9-10H,7-8,12H2,1H3,(H,18,20). The van der Waals surface area contributed by atoms with Gasteiger partial charge < -0.3 is 5.32 Å². The second kappa shape index (κ2) is 7.58. The number of hydrogen-bond donors (Lipinski definition) is 1. The summed E-state index contributed by atoms with van der Waals surface area (Å²) in [4.78, 5) is 15.3. The largest absolute Gasteiger partial charge is 0.325 e. The maximum Gasteiger partial charge on any atom is 0.238 e. The van der Waals surface area contributed by atoms with Gasteiger partial charge in [-0.05, 0) is 43.1 Å². The lowest BCUT2D eigenvalue weighted by atomic mass is 10.2. The normalized spacial score (nSPS) is 10.3. The average Bonchev–Trinajstić information content (AvgIpc) is 2.98. The Labute approximate surface area is 128 Å². The van der Waals surface area contributed by atoms with Crippen molar-refractivity contribution in [3.8, 4) is 6.07 Å². The van der Waals surface area contributed by atoms with Gasteiger partial charge in [0.1, 0.15) is 0 Å². The number of carbonyl (C=O) groups is 1. The molecule has 0 spiro atoms. The fourth-order valence-electron chi connectivity index (χ4n) is 1.95. The average molecular weight is 299 g/mol. The Morgan fingerprint density at radius 1 is 1.38 bits per heavy atom. The number of likely N-dealkylation sites (N-methyl/N-ethyl adjacent to an activating group) is 1. The van der Waals surface area contributed by atoms with E-state index >= 15 is 0 Å². The van der Waals surface area contributed by atoms with Gasteiger partial charge in [0.05, 0.1) is 18.2 Å². The number of amides is 1. The molecule has 0 saturated carbocycles. The van der Waals surface area contributed by atoms with Gasteiger partial charge in [0.15, 0.2) is 0 Å². The van der Waals surface area contributed by atoms with E-state index in [4.69, 9.17) is 5.26 Å². The first-order valence-corrected chi connectivity index (χ1v) is 7.56. The highest BCUT2D eigenvalue weighted by atomic mass is 32.1. The van der Waals surface area contributed by atoms with Gasteiger partial charge in [0, 0.05) is 17.1 Å². The highest BCUT2D eigenvalue weighted by Gasteiger charge is 2.07. The van der Waals surface area contributed by atoms with Gasteiger partial charge in [-0.2, -0.15) is 5.26 Å². The summed E-state index contributed by atoms with van der Waals surface area (Å²) in [6.07, 6.45) is 0.950. The van der Waals surface area contributed by atoms with Gasteiger partial charge in [-0.3, -0.25) is 9.69 Å². The van der Waals surface area contributed by atoms with Gasteiger partial charge in [-0.1, -0.05) is 12.1 Å². The van der Waals surface area contributed by atoms with Crippen molar-refractivity contribution in [2.24, 2.45) is 0 Å². The Balaban J connectivity index is 1.79. The first kappa shape index (κ1) is 15.2. The number of nitrogens with one attached hydrogen (secondary N) is 1. The minimum absolute atomic E-state index is 0.0706. The Kier molecular flexibility index (Phi) is 5.50. The number of nitriles is 1. The van der Waals surface area contributed by atoms with Gasteiger partial charge in [-0.25, -0.2) is 0 Å². The van der Waals surface area contributed by atoms with Crippen molar-refractivity contribution in [3.63, 3.8) is 0 Å². The molecule has 108 valence electrons. The predicted molar refractivity (Wildman–Crippen MR) is 85.3 cm³/mol. The zero-order valence-corrected chi connectivity index (χ0v) is 12.7. The molecule has 4 nitrogen and oxygen atoms in total. The molecule has 0 aliphatic heterocycles. The lowest BCUT2D eigenvalue weighted by Crippen LogP contribution is -2.31. The van der Waals surface area contributed by atoms with Crippen molar-refractivity contribution in [2.45, 2.75) is 6.42 Å². The van der Waals surface area contributed by atoms with Gasteiger partial charge in [0.2, 0.25) is 5.91 Å². The number of rotatable bonds is 6. The molecule has 1 heterocycles. The highest BCUT2D eigenvalue weighted by molar-refractivity contribution is 7.09. The zero-order valence-electron chi connectivity index (χ0n) is 11.9. The Hall–Kier alpha value is -2.16. The van der Waals surface area contributed by atoms with Crippen LogP contribution in [0.2, 0.25) is 0 Å². The quantitative estimate of drug-likeness (QED) is 0.892. The lowest BCUT2D eigenvalue weighted by Gasteiger charge is -2.15. The van der Waals surface area contributed by atoms with E-state index in [2.05, 4.69) is 22.8 Å². The van der Waals surface area contributed by atoms with E-state index in [1.54, 1.807) is 35.6 Å².